The van der Waals surface area contributed by atoms with Crippen LogP contribution in [0.5, 0.6) is 0 Å². The Morgan fingerprint density at radius 2 is 2.35 bits per heavy atom. The van der Waals surface area contributed by atoms with E-state index in [9.17, 15) is 14.4 Å². The summed E-state index contributed by atoms with van der Waals surface area (Å²) >= 11 is 1.49. The molecule has 2 heterocycles. The molecular formula is C12H14N2O5S. The summed E-state index contributed by atoms with van der Waals surface area (Å²) in [6, 6.07) is 3.03. The molecule has 7 nitrogen and oxygen atoms in total. The van der Waals surface area contributed by atoms with Gasteiger partial charge < -0.3 is 15.2 Å². The van der Waals surface area contributed by atoms with Gasteiger partial charge in [0.2, 0.25) is 5.91 Å². The smallest absolute Gasteiger partial charge is 0.410 e. The van der Waals surface area contributed by atoms with E-state index in [0.29, 0.717) is 6.54 Å². The molecule has 1 aromatic rings. The number of carbonyl (C=O) groups is 3. The number of carboxylic acid groups (broad SMARTS) is 1. The van der Waals surface area contributed by atoms with E-state index in [-0.39, 0.29) is 19.6 Å². The molecule has 2 rings (SSSR count). The third kappa shape index (κ3) is 3.47. The van der Waals surface area contributed by atoms with Crippen molar-refractivity contribution < 1.29 is 24.2 Å². The summed E-state index contributed by atoms with van der Waals surface area (Å²) in [6.45, 7) is 0.336. The van der Waals surface area contributed by atoms with E-state index >= 15 is 0 Å². The van der Waals surface area contributed by atoms with E-state index in [0.717, 1.165) is 4.88 Å². The van der Waals surface area contributed by atoms with Crippen LogP contribution in [0, 0.1) is 0 Å². The van der Waals surface area contributed by atoms with E-state index in [1.807, 2.05) is 17.5 Å². The number of aliphatic carboxylic acids is 1. The van der Waals surface area contributed by atoms with Crippen LogP contribution in [0.25, 0.3) is 0 Å². The number of nitrogens with one attached hydrogen (secondary N) is 1. The molecule has 1 fully saturated rings. The van der Waals surface area contributed by atoms with E-state index in [1.165, 1.54) is 16.2 Å². The Morgan fingerprint density at radius 1 is 1.55 bits per heavy atom. The number of hydrogen-bond acceptors (Lipinski definition) is 5. The van der Waals surface area contributed by atoms with Crippen LogP contribution in [0.4, 0.5) is 4.79 Å². The molecule has 1 aliphatic heterocycles. The van der Waals surface area contributed by atoms with Crippen LogP contribution in [0.2, 0.25) is 0 Å². The average Bonchev–Trinajstić information content (AvgIpc) is 3.01. The fourth-order valence-corrected chi connectivity index (χ4v) is 2.53. The molecule has 108 valence electrons. The van der Waals surface area contributed by atoms with Gasteiger partial charge in [0.1, 0.15) is 12.6 Å². The number of cyclic esters (lactones) is 1. The highest BCUT2D eigenvalue weighted by molar-refractivity contribution is 7.09. The SMILES string of the molecule is O=C(O)CCNC(=O)[C@@H]1COC(=O)N1Cc1cccs1. The molecule has 2 N–H and O–H groups in total. The largest absolute Gasteiger partial charge is 0.481 e. The Morgan fingerprint density at radius 3 is 3.00 bits per heavy atom. The van der Waals surface area contributed by atoms with Crippen molar-refractivity contribution >= 4 is 29.3 Å². The molecular weight excluding hydrogens is 284 g/mol. The number of ether oxygens (including phenoxy) is 1. The van der Waals surface area contributed by atoms with Crippen LogP contribution in [0.15, 0.2) is 17.5 Å². The van der Waals surface area contributed by atoms with E-state index in [2.05, 4.69) is 5.32 Å². The van der Waals surface area contributed by atoms with Crippen molar-refractivity contribution in [2.75, 3.05) is 13.2 Å². The quantitative estimate of drug-likeness (QED) is 0.804. The van der Waals surface area contributed by atoms with Gasteiger partial charge in [-0.3, -0.25) is 14.5 Å². The predicted molar refractivity (Wildman–Crippen MR) is 70.3 cm³/mol. The van der Waals surface area contributed by atoms with Crippen LogP contribution in [0.1, 0.15) is 11.3 Å². The van der Waals surface area contributed by atoms with Crippen molar-refractivity contribution in [2.45, 2.75) is 19.0 Å². The van der Waals surface area contributed by atoms with Crippen LogP contribution >= 0.6 is 11.3 Å². The maximum absolute atomic E-state index is 11.9. The number of hydrogen-bond donors (Lipinski definition) is 2. The van der Waals surface area contributed by atoms with Crippen molar-refractivity contribution in [1.29, 1.82) is 0 Å². The van der Waals surface area contributed by atoms with Gasteiger partial charge >= 0.3 is 12.1 Å². The lowest BCUT2D eigenvalue weighted by molar-refractivity contribution is -0.137. The van der Waals surface area contributed by atoms with E-state index < -0.39 is 24.0 Å². The maximum Gasteiger partial charge on any atom is 0.410 e. The number of amides is 2. The zero-order valence-corrected chi connectivity index (χ0v) is 11.4. The molecule has 1 aromatic heterocycles. The minimum Gasteiger partial charge on any atom is -0.481 e. The normalized spacial score (nSPS) is 17.9. The van der Waals surface area contributed by atoms with Gasteiger partial charge in [-0.1, -0.05) is 6.07 Å². The first kappa shape index (κ1) is 14.3. The summed E-state index contributed by atoms with van der Waals surface area (Å²) in [5.74, 6) is -1.38. The molecule has 0 aliphatic carbocycles. The van der Waals surface area contributed by atoms with Gasteiger partial charge in [-0.15, -0.1) is 11.3 Å². The standard InChI is InChI=1S/C12H14N2O5S/c15-10(16)3-4-13-11(17)9-7-19-12(18)14(9)6-8-2-1-5-20-8/h1-2,5,9H,3-4,6-7H2,(H,13,17)(H,15,16)/t9-/m0/s1. The fraction of sp³-hybridized carbons (Fsp3) is 0.417. The van der Waals surface area contributed by atoms with Gasteiger partial charge in [-0.05, 0) is 11.4 Å². The van der Waals surface area contributed by atoms with E-state index in [4.69, 9.17) is 9.84 Å². The maximum atomic E-state index is 11.9. The van der Waals surface area contributed by atoms with Crippen molar-refractivity contribution in [3.8, 4) is 0 Å². The van der Waals surface area contributed by atoms with Gasteiger partial charge in [0.15, 0.2) is 0 Å². The van der Waals surface area contributed by atoms with Gasteiger partial charge in [0, 0.05) is 11.4 Å². The molecule has 0 bridgehead atoms. The lowest BCUT2D eigenvalue weighted by atomic mass is 10.2. The summed E-state index contributed by atoms with van der Waals surface area (Å²) < 4.78 is 4.89. The first-order valence-electron chi connectivity index (χ1n) is 6.03. The van der Waals surface area contributed by atoms with Crippen LogP contribution in [-0.4, -0.2) is 47.2 Å². The molecule has 20 heavy (non-hydrogen) atoms. The Bertz CT molecular complexity index is 502. The summed E-state index contributed by atoms with van der Waals surface area (Å²) in [5, 5.41) is 12.9. The lowest BCUT2D eigenvalue weighted by Crippen LogP contribution is -2.45. The Balaban J connectivity index is 1.93. The third-order valence-corrected chi connectivity index (χ3v) is 3.68. The van der Waals surface area contributed by atoms with Gasteiger partial charge in [-0.2, -0.15) is 0 Å². The molecule has 2 amide bonds. The van der Waals surface area contributed by atoms with Gasteiger partial charge in [0.25, 0.3) is 0 Å². The van der Waals surface area contributed by atoms with Crippen LogP contribution < -0.4 is 5.32 Å². The second-order valence-electron chi connectivity index (χ2n) is 4.23. The number of carboxylic acids is 1. The van der Waals surface area contributed by atoms with Crippen LogP contribution in [0.3, 0.4) is 0 Å². The highest BCUT2D eigenvalue weighted by Gasteiger charge is 2.37. The Labute approximate surface area is 119 Å². The Kier molecular flexibility index (Phi) is 4.57. The Hall–Kier alpha value is -2.09. The second kappa shape index (κ2) is 6.38. The highest BCUT2D eigenvalue weighted by Crippen LogP contribution is 2.19. The molecule has 0 unspecified atom stereocenters. The van der Waals surface area contributed by atoms with Crippen molar-refractivity contribution in [3.63, 3.8) is 0 Å². The summed E-state index contributed by atoms with van der Waals surface area (Å²) in [6.07, 6.45) is -0.685. The number of thiophene rings is 1. The molecule has 1 aliphatic rings. The summed E-state index contributed by atoms with van der Waals surface area (Å²) in [4.78, 5) is 36.3. The number of carbonyl (C=O) groups excluding carboxylic acids is 2. The van der Waals surface area contributed by atoms with E-state index in [1.54, 1.807) is 0 Å². The summed E-state index contributed by atoms with van der Waals surface area (Å²) in [5.41, 5.74) is 0. The van der Waals surface area contributed by atoms with Crippen LogP contribution in [-0.2, 0) is 20.9 Å². The molecule has 1 atom stereocenters. The third-order valence-electron chi connectivity index (χ3n) is 2.82. The topological polar surface area (TPSA) is 95.9 Å². The monoisotopic (exact) mass is 298 g/mol. The first-order valence-corrected chi connectivity index (χ1v) is 6.91. The fourth-order valence-electron chi connectivity index (χ4n) is 1.82. The zero-order chi connectivity index (χ0) is 14.5. The molecule has 0 aromatic carbocycles. The van der Waals surface area contributed by atoms with Gasteiger partial charge in [-0.25, -0.2) is 4.79 Å². The molecule has 0 spiro atoms. The zero-order valence-electron chi connectivity index (χ0n) is 10.6. The lowest BCUT2D eigenvalue weighted by Gasteiger charge is -2.19. The molecule has 1 saturated heterocycles. The second-order valence-corrected chi connectivity index (χ2v) is 5.27. The minimum atomic E-state index is -0.987. The minimum absolute atomic E-state index is 0.0108. The summed E-state index contributed by atoms with van der Waals surface area (Å²) in [7, 11) is 0. The molecule has 8 heteroatoms. The average molecular weight is 298 g/mol. The molecule has 0 saturated carbocycles. The van der Waals surface area contributed by atoms with Gasteiger partial charge in [0.05, 0.1) is 13.0 Å². The first-order chi connectivity index (χ1) is 9.58. The predicted octanol–water partition coefficient (Wildman–Crippen LogP) is 0.660. The number of nitrogens with zero attached hydrogens (tertiary/aromatic N) is 1. The molecule has 0 radical (unpaired) electrons. The van der Waals surface area contributed by atoms with Crippen molar-refractivity contribution in [3.05, 3.63) is 22.4 Å². The van der Waals surface area contributed by atoms with Crippen molar-refractivity contribution in [1.82, 2.24) is 10.2 Å². The highest BCUT2D eigenvalue weighted by atomic mass is 32.1. The number of rotatable bonds is 6. The van der Waals surface area contributed by atoms with Crippen molar-refractivity contribution in [2.24, 2.45) is 0 Å².